The first-order valence-corrected chi connectivity index (χ1v) is 7.09. The summed E-state index contributed by atoms with van der Waals surface area (Å²) in [6.07, 6.45) is 2.56. The number of aliphatic carboxylic acids is 1. The molecule has 0 radical (unpaired) electrons. The summed E-state index contributed by atoms with van der Waals surface area (Å²) < 4.78 is 2.74. The third-order valence-corrected chi connectivity index (χ3v) is 3.33. The van der Waals surface area contributed by atoms with Crippen molar-refractivity contribution < 1.29 is 14.7 Å². The van der Waals surface area contributed by atoms with E-state index in [0.29, 0.717) is 18.7 Å². The SMILES string of the molecule is CCn1cc(Br)cc1C(=O)NCC(C)CCC(=O)O. The highest BCUT2D eigenvalue weighted by molar-refractivity contribution is 9.10. The largest absolute Gasteiger partial charge is 0.481 e. The van der Waals surface area contributed by atoms with Crippen LogP contribution in [0.25, 0.3) is 0 Å². The van der Waals surface area contributed by atoms with Crippen LogP contribution < -0.4 is 5.32 Å². The number of carboxylic acids is 1. The molecule has 1 amide bonds. The van der Waals surface area contributed by atoms with Crippen LogP contribution >= 0.6 is 15.9 Å². The molecule has 0 fully saturated rings. The van der Waals surface area contributed by atoms with Crippen molar-refractivity contribution in [1.82, 2.24) is 9.88 Å². The van der Waals surface area contributed by atoms with E-state index in [1.165, 1.54) is 0 Å². The quantitative estimate of drug-likeness (QED) is 0.806. The topological polar surface area (TPSA) is 71.3 Å². The molecule has 2 N–H and O–H groups in total. The minimum atomic E-state index is -0.804. The second-order valence-electron chi connectivity index (χ2n) is 4.58. The van der Waals surface area contributed by atoms with Crippen LogP contribution in [0, 0.1) is 5.92 Å². The Hall–Kier alpha value is -1.30. The van der Waals surface area contributed by atoms with Crippen LogP contribution in [0.2, 0.25) is 0 Å². The molecule has 1 aromatic heterocycles. The molecule has 0 saturated heterocycles. The Morgan fingerprint density at radius 3 is 2.79 bits per heavy atom. The van der Waals surface area contributed by atoms with Crippen LogP contribution in [0.15, 0.2) is 16.7 Å². The molecule has 1 unspecified atom stereocenters. The summed E-state index contributed by atoms with van der Waals surface area (Å²) in [6, 6.07) is 1.78. The Morgan fingerprint density at radius 1 is 1.53 bits per heavy atom. The third-order valence-electron chi connectivity index (χ3n) is 2.90. The van der Waals surface area contributed by atoms with Crippen LogP contribution in [0.3, 0.4) is 0 Å². The molecule has 1 heterocycles. The number of aryl methyl sites for hydroxylation is 1. The van der Waals surface area contributed by atoms with Crippen LogP contribution in [0.5, 0.6) is 0 Å². The molecular formula is C13H19BrN2O3. The van der Waals surface area contributed by atoms with Crippen molar-refractivity contribution in [2.24, 2.45) is 5.92 Å². The average molecular weight is 331 g/mol. The number of halogens is 1. The smallest absolute Gasteiger partial charge is 0.303 e. The van der Waals surface area contributed by atoms with Gasteiger partial charge in [0.15, 0.2) is 0 Å². The zero-order valence-corrected chi connectivity index (χ0v) is 12.7. The van der Waals surface area contributed by atoms with E-state index in [1.54, 1.807) is 6.07 Å². The van der Waals surface area contributed by atoms with E-state index >= 15 is 0 Å². The van der Waals surface area contributed by atoms with Crippen molar-refractivity contribution in [2.45, 2.75) is 33.2 Å². The normalized spacial score (nSPS) is 12.2. The Bertz CT molecular complexity index is 457. The summed E-state index contributed by atoms with van der Waals surface area (Å²) in [7, 11) is 0. The fraction of sp³-hybridized carbons (Fsp3) is 0.538. The molecule has 1 rings (SSSR count). The van der Waals surface area contributed by atoms with E-state index in [9.17, 15) is 9.59 Å². The highest BCUT2D eigenvalue weighted by atomic mass is 79.9. The number of amides is 1. The minimum absolute atomic E-state index is 0.130. The minimum Gasteiger partial charge on any atom is -0.481 e. The number of aromatic nitrogens is 1. The van der Waals surface area contributed by atoms with Gasteiger partial charge in [-0.1, -0.05) is 6.92 Å². The monoisotopic (exact) mass is 330 g/mol. The maximum Gasteiger partial charge on any atom is 0.303 e. The fourth-order valence-electron chi connectivity index (χ4n) is 1.76. The van der Waals surface area contributed by atoms with Crippen LogP contribution in [0.1, 0.15) is 37.2 Å². The maximum absolute atomic E-state index is 12.0. The van der Waals surface area contributed by atoms with Crippen LogP contribution in [-0.2, 0) is 11.3 Å². The van der Waals surface area contributed by atoms with Crippen molar-refractivity contribution in [2.75, 3.05) is 6.54 Å². The third kappa shape index (κ3) is 5.06. The highest BCUT2D eigenvalue weighted by Crippen LogP contribution is 2.15. The molecule has 6 heteroatoms. The number of carbonyl (C=O) groups is 2. The average Bonchev–Trinajstić information content (AvgIpc) is 2.74. The summed E-state index contributed by atoms with van der Waals surface area (Å²) in [5.41, 5.74) is 0.611. The molecule has 106 valence electrons. The summed E-state index contributed by atoms with van der Waals surface area (Å²) in [4.78, 5) is 22.5. The lowest BCUT2D eigenvalue weighted by Gasteiger charge is -2.12. The van der Waals surface area contributed by atoms with Gasteiger partial charge in [-0.25, -0.2) is 0 Å². The highest BCUT2D eigenvalue weighted by Gasteiger charge is 2.13. The molecule has 0 aliphatic carbocycles. The Morgan fingerprint density at radius 2 is 2.21 bits per heavy atom. The van der Waals surface area contributed by atoms with Gasteiger partial charge in [0.1, 0.15) is 5.69 Å². The zero-order chi connectivity index (χ0) is 14.4. The number of rotatable bonds is 7. The zero-order valence-electron chi connectivity index (χ0n) is 11.1. The van der Waals surface area contributed by atoms with Crippen molar-refractivity contribution in [3.63, 3.8) is 0 Å². The first-order chi connectivity index (χ1) is 8.93. The molecule has 1 atom stereocenters. The summed E-state index contributed by atoms with van der Waals surface area (Å²) >= 11 is 3.35. The van der Waals surface area contributed by atoms with Gasteiger partial charge in [0.05, 0.1) is 0 Å². The van der Waals surface area contributed by atoms with Gasteiger partial charge in [0, 0.05) is 30.2 Å². The van der Waals surface area contributed by atoms with Gasteiger partial charge in [0.25, 0.3) is 5.91 Å². The molecule has 0 aromatic carbocycles. The number of hydrogen-bond donors (Lipinski definition) is 2. The molecule has 0 bridgehead atoms. The van der Waals surface area contributed by atoms with E-state index < -0.39 is 5.97 Å². The van der Waals surface area contributed by atoms with Gasteiger partial charge in [-0.3, -0.25) is 9.59 Å². The molecule has 1 aromatic rings. The maximum atomic E-state index is 12.0. The number of nitrogens with zero attached hydrogens (tertiary/aromatic N) is 1. The van der Waals surface area contributed by atoms with Crippen molar-refractivity contribution in [3.05, 3.63) is 22.4 Å². The van der Waals surface area contributed by atoms with E-state index in [-0.39, 0.29) is 18.2 Å². The molecule has 0 spiro atoms. The molecular weight excluding hydrogens is 312 g/mol. The van der Waals surface area contributed by atoms with E-state index in [1.807, 2.05) is 24.6 Å². The Labute approximate surface area is 121 Å². The van der Waals surface area contributed by atoms with Gasteiger partial charge in [-0.05, 0) is 41.3 Å². The van der Waals surface area contributed by atoms with E-state index in [4.69, 9.17) is 5.11 Å². The number of hydrogen-bond acceptors (Lipinski definition) is 2. The lowest BCUT2D eigenvalue weighted by atomic mass is 10.1. The Balaban J connectivity index is 2.48. The summed E-state index contributed by atoms with van der Waals surface area (Å²) in [6.45, 7) is 5.11. The first-order valence-electron chi connectivity index (χ1n) is 6.29. The van der Waals surface area contributed by atoms with Gasteiger partial charge in [-0.15, -0.1) is 0 Å². The molecule has 0 saturated carbocycles. The lowest BCUT2D eigenvalue weighted by Crippen LogP contribution is -2.30. The van der Waals surface area contributed by atoms with Gasteiger partial charge in [-0.2, -0.15) is 0 Å². The van der Waals surface area contributed by atoms with Crippen molar-refractivity contribution >= 4 is 27.8 Å². The number of carboxylic acid groups (broad SMARTS) is 1. The van der Waals surface area contributed by atoms with Gasteiger partial charge < -0.3 is 15.0 Å². The second-order valence-corrected chi connectivity index (χ2v) is 5.49. The summed E-state index contributed by atoms with van der Waals surface area (Å²) in [5.74, 6) is -0.787. The molecule has 19 heavy (non-hydrogen) atoms. The van der Waals surface area contributed by atoms with Crippen LogP contribution in [-0.4, -0.2) is 28.1 Å². The lowest BCUT2D eigenvalue weighted by molar-refractivity contribution is -0.137. The van der Waals surface area contributed by atoms with Crippen LogP contribution in [0.4, 0.5) is 0 Å². The van der Waals surface area contributed by atoms with E-state index in [2.05, 4.69) is 21.2 Å². The number of carbonyl (C=O) groups excluding carboxylic acids is 1. The molecule has 5 nitrogen and oxygen atoms in total. The summed E-state index contributed by atoms with van der Waals surface area (Å²) in [5, 5.41) is 11.4. The fourth-order valence-corrected chi connectivity index (χ4v) is 2.22. The predicted molar refractivity (Wildman–Crippen MR) is 76.2 cm³/mol. The molecule has 0 aliphatic rings. The predicted octanol–water partition coefficient (Wildman–Crippen LogP) is 2.50. The first kappa shape index (κ1) is 15.8. The number of nitrogens with one attached hydrogen (secondary N) is 1. The van der Waals surface area contributed by atoms with Crippen molar-refractivity contribution in [3.8, 4) is 0 Å². The second kappa shape index (κ2) is 7.33. The van der Waals surface area contributed by atoms with Gasteiger partial charge in [0.2, 0.25) is 0 Å². The Kier molecular flexibility index (Phi) is 6.08. The molecule has 0 aliphatic heterocycles. The standard InChI is InChI=1S/C13H19BrN2O3/c1-3-16-8-10(14)6-11(16)13(19)15-7-9(2)4-5-12(17)18/h6,8-9H,3-5,7H2,1-2H3,(H,15,19)(H,17,18). The van der Waals surface area contributed by atoms with Gasteiger partial charge >= 0.3 is 5.97 Å². The van der Waals surface area contributed by atoms with Crippen molar-refractivity contribution in [1.29, 1.82) is 0 Å². The van der Waals surface area contributed by atoms with E-state index in [0.717, 1.165) is 11.0 Å².